The van der Waals surface area contributed by atoms with Gasteiger partial charge in [-0.1, -0.05) is 13.8 Å². The fourth-order valence-electron chi connectivity index (χ4n) is 3.08. The lowest BCUT2D eigenvalue weighted by molar-refractivity contribution is 0.0949. The lowest BCUT2D eigenvalue weighted by Gasteiger charge is -2.17. The summed E-state index contributed by atoms with van der Waals surface area (Å²) in [4.78, 5) is 19.2. The van der Waals surface area contributed by atoms with Gasteiger partial charge in [0.15, 0.2) is 5.65 Å². The van der Waals surface area contributed by atoms with Crippen molar-refractivity contribution in [2.45, 2.75) is 26.8 Å². The van der Waals surface area contributed by atoms with Crippen molar-refractivity contribution in [1.82, 2.24) is 30.1 Å². The standard InChI is InChI=1S/C17H26N6O/c1-3-22(4-2)11-14-9-19-16-15(10-21-23(16)12-14)17(24)20-8-13-5-6-18-7-13/h9-10,12-13,18H,3-8,11H2,1-2H3,(H,20,24)/t13-/m0/s1. The smallest absolute Gasteiger partial charge is 0.256 e. The largest absolute Gasteiger partial charge is 0.352 e. The molecule has 1 atom stereocenters. The maximum Gasteiger partial charge on any atom is 0.256 e. The molecule has 0 saturated carbocycles. The second-order valence-corrected chi connectivity index (χ2v) is 6.32. The Balaban J connectivity index is 1.69. The van der Waals surface area contributed by atoms with Crippen molar-refractivity contribution in [2.75, 3.05) is 32.7 Å². The molecule has 1 saturated heterocycles. The first-order chi connectivity index (χ1) is 11.7. The molecule has 3 heterocycles. The van der Waals surface area contributed by atoms with E-state index in [0.717, 1.165) is 44.7 Å². The van der Waals surface area contributed by atoms with Crippen LogP contribution in [0.4, 0.5) is 0 Å². The Bertz CT molecular complexity index is 687. The lowest BCUT2D eigenvalue weighted by Crippen LogP contribution is -2.30. The van der Waals surface area contributed by atoms with Crippen molar-refractivity contribution >= 4 is 11.6 Å². The van der Waals surface area contributed by atoms with Crippen molar-refractivity contribution in [1.29, 1.82) is 0 Å². The van der Waals surface area contributed by atoms with E-state index < -0.39 is 0 Å². The van der Waals surface area contributed by atoms with Crippen LogP contribution in [0.2, 0.25) is 0 Å². The number of nitrogens with zero attached hydrogens (tertiary/aromatic N) is 4. The van der Waals surface area contributed by atoms with Gasteiger partial charge in [-0.25, -0.2) is 9.50 Å². The molecule has 1 aliphatic rings. The number of amides is 1. The third kappa shape index (κ3) is 3.73. The van der Waals surface area contributed by atoms with Gasteiger partial charge in [-0.2, -0.15) is 5.10 Å². The van der Waals surface area contributed by atoms with Crippen LogP contribution in [0, 0.1) is 5.92 Å². The topological polar surface area (TPSA) is 74.6 Å². The Morgan fingerprint density at radius 1 is 1.42 bits per heavy atom. The highest BCUT2D eigenvalue weighted by Crippen LogP contribution is 2.11. The van der Waals surface area contributed by atoms with Crippen LogP contribution in [-0.4, -0.2) is 58.1 Å². The summed E-state index contributed by atoms with van der Waals surface area (Å²) in [5.41, 5.74) is 2.24. The Morgan fingerprint density at radius 3 is 2.96 bits per heavy atom. The highest BCUT2D eigenvalue weighted by molar-refractivity contribution is 5.99. The van der Waals surface area contributed by atoms with Crippen molar-refractivity contribution in [2.24, 2.45) is 5.92 Å². The average molecular weight is 330 g/mol. The van der Waals surface area contributed by atoms with Gasteiger partial charge in [0, 0.05) is 31.0 Å². The Hall–Kier alpha value is -1.99. The van der Waals surface area contributed by atoms with Gasteiger partial charge in [-0.05, 0) is 38.5 Å². The summed E-state index contributed by atoms with van der Waals surface area (Å²) in [5, 5.41) is 10.6. The van der Waals surface area contributed by atoms with Crippen LogP contribution < -0.4 is 10.6 Å². The molecule has 1 amide bonds. The maximum absolute atomic E-state index is 12.4. The molecule has 24 heavy (non-hydrogen) atoms. The van der Waals surface area contributed by atoms with Crippen LogP contribution >= 0.6 is 0 Å². The lowest BCUT2D eigenvalue weighted by atomic mass is 10.1. The number of carbonyl (C=O) groups is 1. The van der Waals surface area contributed by atoms with Gasteiger partial charge < -0.3 is 10.6 Å². The molecule has 7 nitrogen and oxygen atoms in total. The summed E-state index contributed by atoms with van der Waals surface area (Å²) >= 11 is 0. The zero-order valence-electron chi connectivity index (χ0n) is 14.5. The zero-order chi connectivity index (χ0) is 16.9. The van der Waals surface area contributed by atoms with Crippen LogP contribution in [0.5, 0.6) is 0 Å². The molecule has 2 aromatic rings. The van der Waals surface area contributed by atoms with Crippen LogP contribution in [0.1, 0.15) is 36.2 Å². The summed E-state index contributed by atoms with van der Waals surface area (Å²) in [5.74, 6) is 0.422. The minimum absolute atomic E-state index is 0.0964. The van der Waals surface area contributed by atoms with E-state index in [1.165, 1.54) is 0 Å². The third-order valence-corrected chi connectivity index (χ3v) is 4.67. The molecular formula is C17H26N6O. The fraction of sp³-hybridized carbons (Fsp3) is 0.588. The average Bonchev–Trinajstić information content (AvgIpc) is 3.26. The van der Waals surface area contributed by atoms with Crippen molar-refractivity contribution in [3.63, 3.8) is 0 Å². The highest BCUT2D eigenvalue weighted by atomic mass is 16.1. The molecule has 7 heteroatoms. The summed E-state index contributed by atoms with van der Waals surface area (Å²) in [6, 6.07) is 0. The zero-order valence-corrected chi connectivity index (χ0v) is 14.5. The molecular weight excluding hydrogens is 304 g/mol. The molecule has 0 spiro atoms. The quantitative estimate of drug-likeness (QED) is 0.789. The molecule has 0 aliphatic carbocycles. The van der Waals surface area contributed by atoms with E-state index in [2.05, 4.69) is 39.5 Å². The van der Waals surface area contributed by atoms with E-state index >= 15 is 0 Å². The predicted molar refractivity (Wildman–Crippen MR) is 92.9 cm³/mol. The Kier molecular flexibility index (Phi) is 5.42. The molecule has 3 rings (SSSR count). The SMILES string of the molecule is CCN(CC)Cc1cnc2c(C(=O)NC[C@H]3CCNC3)cnn2c1. The Morgan fingerprint density at radius 2 is 2.25 bits per heavy atom. The van der Waals surface area contributed by atoms with E-state index in [0.29, 0.717) is 23.7 Å². The number of carbonyl (C=O) groups excluding carboxylic acids is 1. The van der Waals surface area contributed by atoms with Gasteiger partial charge in [-0.3, -0.25) is 9.69 Å². The van der Waals surface area contributed by atoms with Crippen LogP contribution in [0.25, 0.3) is 5.65 Å². The van der Waals surface area contributed by atoms with Crippen LogP contribution in [0.15, 0.2) is 18.6 Å². The summed E-state index contributed by atoms with van der Waals surface area (Å²) < 4.78 is 1.70. The predicted octanol–water partition coefficient (Wildman–Crippen LogP) is 0.910. The number of hydrogen-bond acceptors (Lipinski definition) is 5. The monoisotopic (exact) mass is 330 g/mol. The number of aromatic nitrogens is 3. The minimum Gasteiger partial charge on any atom is -0.352 e. The Labute approximate surface area is 142 Å². The number of nitrogens with one attached hydrogen (secondary N) is 2. The summed E-state index contributed by atoms with van der Waals surface area (Å²) in [6.45, 7) is 9.83. The first-order valence-corrected chi connectivity index (χ1v) is 8.74. The molecule has 130 valence electrons. The second kappa shape index (κ2) is 7.72. The number of hydrogen-bond donors (Lipinski definition) is 2. The number of fused-ring (bicyclic) bond motifs is 1. The summed E-state index contributed by atoms with van der Waals surface area (Å²) in [6.07, 6.45) is 6.51. The van der Waals surface area contributed by atoms with Gasteiger partial charge in [0.05, 0.1) is 6.20 Å². The molecule has 0 bridgehead atoms. The highest BCUT2D eigenvalue weighted by Gasteiger charge is 2.18. The molecule has 1 aliphatic heterocycles. The van der Waals surface area contributed by atoms with Gasteiger partial charge in [0.2, 0.25) is 0 Å². The van der Waals surface area contributed by atoms with E-state index in [1.807, 2.05) is 12.4 Å². The van der Waals surface area contributed by atoms with E-state index in [4.69, 9.17) is 0 Å². The second-order valence-electron chi connectivity index (χ2n) is 6.32. The normalized spacial score (nSPS) is 17.7. The minimum atomic E-state index is -0.0964. The van der Waals surface area contributed by atoms with Crippen molar-refractivity contribution < 1.29 is 4.79 Å². The molecule has 2 N–H and O–H groups in total. The molecule has 2 aromatic heterocycles. The van der Waals surface area contributed by atoms with Gasteiger partial charge >= 0.3 is 0 Å². The third-order valence-electron chi connectivity index (χ3n) is 4.67. The first kappa shape index (κ1) is 16.9. The maximum atomic E-state index is 12.4. The van der Waals surface area contributed by atoms with Gasteiger partial charge in [-0.15, -0.1) is 0 Å². The van der Waals surface area contributed by atoms with Crippen LogP contribution in [0.3, 0.4) is 0 Å². The first-order valence-electron chi connectivity index (χ1n) is 8.74. The molecule has 0 radical (unpaired) electrons. The van der Waals surface area contributed by atoms with E-state index in [9.17, 15) is 4.79 Å². The number of rotatable bonds is 7. The van der Waals surface area contributed by atoms with Gasteiger partial charge in [0.1, 0.15) is 5.56 Å². The fourth-order valence-corrected chi connectivity index (χ4v) is 3.08. The van der Waals surface area contributed by atoms with Crippen molar-refractivity contribution in [3.8, 4) is 0 Å². The van der Waals surface area contributed by atoms with Gasteiger partial charge in [0.25, 0.3) is 5.91 Å². The van der Waals surface area contributed by atoms with E-state index in [-0.39, 0.29) is 5.91 Å². The van der Waals surface area contributed by atoms with Crippen molar-refractivity contribution in [3.05, 3.63) is 29.7 Å². The molecule has 0 unspecified atom stereocenters. The summed E-state index contributed by atoms with van der Waals surface area (Å²) in [7, 11) is 0. The van der Waals surface area contributed by atoms with E-state index in [1.54, 1.807) is 10.7 Å². The van der Waals surface area contributed by atoms with Crippen LogP contribution in [-0.2, 0) is 6.54 Å². The molecule has 1 fully saturated rings. The molecule has 0 aromatic carbocycles.